The van der Waals surface area contributed by atoms with Gasteiger partial charge >= 0.3 is 6.36 Å². The first-order valence-electron chi connectivity index (χ1n) is 9.85. The van der Waals surface area contributed by atoms with Gasteiger partial charge in [-0.1, -0.05) is 6.07 Å². The maximum absolute atomic E-state index is 13.2. The second kappa shape index (κ2) is 8.91. The van der Waals surface area contributed by atoms with Gasteiger partial charge in [-0.25, -0.2) is 8.42 Å². The van der Waals surface area contributed by atoms with Gasteiger partial charge in [0.2, 0.25) is 0 Å². The Morgan fingerprint density at radius 2 is 1.69 bits per heavy atom. The third-order valence-electron chi connectivity index (χ3n) is 4.98. The minimum atomic E-state index is -4.93. The number of nitrogens with zero attached hydrogens (tertiary/aromatic N) is 2. The van der Waals surface area contributed by atoms with Crippen LogP contribution >= 0.6 is 0 Å². The van der Waals surface area contributed by atoms with Crippen molar-refractivity contribution in [2.45, 2.75) is 17.8 Å². The zero-order valence-electron chi connectivity index (χ0n) is 17.9. The molecule has 1 N–H and O–H groups in total. The number of amides is 2. The number of carbonyl (C=O) groups is 2. The van der Waals surface area contributed by atoms with E-state index in [9.17, 15) is 31.2 Å². The number of fused-ring (bicyclic) bond motifs is 1. The lowest BCUT2D eigenvalue weighted by molar-refractivity contribution is -0.274. The summed E-state index contributed by atoms with van der Waals surface area (Å²) in [4.78, 5) is 30.7. The number of hydrogen-bond donors (Lipinski definition) is 1. The number of carbonyl (C=O) groups excluding carboxylic acids is 2. The van der Waals surface area contributed by atoms with Crippen LogP contribution in [0, 0.1) is 0 Å². The number of benzene rings is 2. The van der Waals surface area contributed by atoms with Gasteiger partial charge in [0, 0.05) is 12.4 Å². The first-order chi connectivity index (χ1) is 16.5. The minimum Gasteiger partial charge on any atom is -0.496 e. The minimum absolute atomic E-state index is 0.0728. The van der Waals surface area contributed by atoms with Gasteiger partial charge in [-0.05, 0) is 48.0 Å². The molecule has 1 aliphatic heterocycles. The average Bonchev–Trinajstić information content (AvgIpc) is 3.05. The van der Waals surface area contributed by atoms with Crippen LogP contribution in [0.2, 0.25) is 0 Å². The molecule has 0 fully saturated rings. The highest BCUT2D eigenvalue weighted by atomic mass is 32.2. The molecule has 182 valence electrons. The van der Waals surface area contributed by atoms with Crippen LogP contribution < -0.4 is 14.2 Å². The van der Waals surface area contributed by atoms with Crippen molar-refractivity contribution in [2.24, 2.45) is 0 Å². The maximum Gasteiger partial charge on any atom is 0.573 e. The number of nitrogens with one attached hydrogen (secondary N) is 1. The Morgan fingerprint density at radius 1 is 1.00 bits per heavy atom. The predicted octanol–water partition coefficient (Wildman–Crippen LogP) is 3.59. The van der Waals surface area contributed by atoms with Crippen LogP contribution in [0.15, 0.2) is 65.8 Å². The van der Waals surface area contributed by atoms with Crippen LogP contribution in [0.1, 0.15) is 26.3 Å². The average molecular weight is 507 g/mol. The summed E-state index contributed by atoms with van der Waals surface area (Å²) in [5.74, 6) is -1.96. The summed E-state index contributed by atoms with van der Waals surface area (Å²) >= 11 is 0. The summed E-state index contributed by atoms with van der Waals surface area (Å²) < 4.78 is 74.0. The predicted molar refractivity (Wildman–Crippen MR) is 115 cm³/mol. The molecule has 1 aromatic heterocycles. The van der Waals surface area contributed by atoms with Gasteiger partial charge in [0.1, 0.15) is 11.5 Å². The molecule has 0 bridgehead atoms. The van der Waals surface area contributed by atoms with Gasteiger partial charge in [-0.15, -0.1) is 13.2 Å². The molecule has 0 saturated heterocycles. The summed E-state index contributed by atoms with van der Waals surface area (Å²) in [6.07, 6.45) is -1.92. The van der Waals surface area contributed by atoms with Gasteiger partial charge < -0.3 is 9.47 Å². The fourth-order valence-corrected chi connectivity index (χ4v) is 4.55. The zero-order chi connectivity index (χ0) is 25.4. The van der Waals surface area contributed by atoms with Crippen molar-refractivity contribution >= 4 is 27.5 Å². The van der Waals surface area contributed by atoms with E-state index in [4.69, 9.17) is 4.74 Å². The summed E-state index contributed by atoms with van der Waals surface area (Å²) in [7, 11) is -3.05. The Hall–Kier alpha value is -4.13. The second-order valence-electron chi connectivity index (χ2n) is 7.25. The summed E-state index contributed by atoms with van der Waals surface area (Å²) in [6, 6.07) is 9.40. The second-order valence-corrected chi connectivity index (χ2v) is 8.93. The third-order valence-corrected chi connectivity index (χ3v) is 6.36. The molecular formula is C22H16F3N3O6S. The van der Waals surface area contributed by atoms with E-state index in [0.29, 0.717) is 5.56 Å². The highest BCUT2D eigenvalue weighted by Crippen LogP contribution is 2.37. The number of halogens is 3. The van der Waals surface area contributed by atoms with E-state index in [-0.39, 0.29) is 34.0 Å². The molecule has 2 heterocycles. The van der Waals surface area contributed by atoms with E-state index >= 15 is 0 Å². The summed E-state index contributed by atoms with van der Waals surface area (Å²) in [5.41, 5.74) is 0.0575. The standard InChI is InChI=1S/C22H16F3N3O6S/c1-33-17-9-8-16(27-35(31,32)15-6-4-14(5-7-15)34-22(23,24)25)18-19(17)21(30)28(20(18)29)12-13-3-2-10-26-11-13/h2-11,27H,12H2,1H3. The Bertz CT molecular complexity index is 1390. The molecule has 3 aromatic rings. The summed E-state index contributed by atoms with van der Waals surface area (Å²) in [6.45, 7) is -0.101. The number of pyridine rings is 1. The number of anilines is 1. The van der Waals surface area contributed by atoms with E-state index in [1.54, 1.807) is 12.1 Å². The molecule has 2 amide bonds. The quantitative estimate of drug-likeness (QED) is 0.486. The van der Waals surface area contributed by atoms with Gasteiger partial charge in [0.15, 0.2) is 0 Å². The number of hydrogen-bond acceptors (Lipinski definition) is 7. The molecule has 2 aromatic carbocycles. The molecular weight excluding hydrogens is 491 g/mol. The smallest absolute Gasteiger partial charge is 0.496 e. The van der Waals surface area contributed by atoms with Crippen molar-refractivity contribution in [1.29, 1.82) is 0 Å². The van der Waals surface area contributed by atoms with Gasteiger partial charge in [-0.2, -0.15) is 0 Å². The van der Waals surface area contributed by atoms with Gasteiger partial charge in [0.05, 0.1) is 35.4 Å². The monoisotopic (exact) mass is 507 g/mol. The maximum atomic E-state index is 13.2. The Labute approximate surface area is 197 Å². The topological polar surface area (TPSA) is 115 Å². The number of ether oxygens (including phenoxy) is 2. The first kappa shape index (κ1) is 24.0. The van der Waals surface area contributed by atoms with Crippen molar-refractivity contribution < 1.29 is 40.7 Å². The molecule has 9 nitrogen and oxygen atoms in total. The van der Waals surface area contributed by atoms with E-state index in [1.807, 2.05) is 0 Å². The van der Waals surface area contributed by atoms with Crippen LogP contribution in [0.25, 0.3) is 0 Å². The molecule has 0 saturated carbocycles. The summed E-state index contributed by atoms with van der Waals surface area (Å²) in [5, 5.41) is 0. The number of alkyl halides is 3. The van der Waals surface area contributed by atoms with Crippen molar-refractivity contribution in [3.05, 3.63) is 77.6 Å². The molecule has 4 rings (SSSR count). The zero-order valence-corrected chi connectivity index (χ0v) is 18.7. The third kappa shape index (κ3) is 4.89. The van der Waals surface area contributed by atoms with Crippen molar-refractivity contribution in [3.63, 3.8) is 0 Å². The molecule has 35 heavy (non-hydrogen) atoms. The van der Waals surface area contributed by atoms with E-state index in [0.717, 1.165) is 29.2 Å². The fraction of sp³-hybridized carbons (Fsp3) is 0.136. The lowest BCUT2D eigenvalue weighted by Crippen LogP contribution is -2.29. The van der Waals surface area contributed by atoms with Crippen molar-refractivity contribution in [1.82, 2.24) is 9.88 Å². The van der Waals surface area contributed by atoms with Gasteiger partial charge in [-0.3, -0.25) is 24.2 Å². The molecule has 0 aliphatic carbocycles. The SMILES string of the molecule is COc1ccc(NS(=O)(=O)c2ccc(OC(F)(F)F)cc2)c2c1C(=O)N(Cc1cccnc1)C2=O. The normalized spacial score (nSPS) is 13.5. The molecule has 0 radical (unpaired) electrons. The molecule has 0 spiro atoms. The molecule has 0 atom stereocenters. The lowest BCUT2D eigenvalue weighted by atomic mass is 10.1. The van der Waals surface area contributed by atoms with Crippen LogP contribution in [0.3, 0.4) is 0 Å². The largest absolute Gasteiger partial charge is 0.573 e. The molecule has 13 heteroatoms. The number of rotatable bonds is 7. The number of aromatic nitrogens is 1. The number of sulfonamides is 1. The highest BCUT2D eigenvalue weighted by Gasteiger charge is 2.41. The van der Waals surface area contributed by atoms with E-state index in [2.05, 4.69) is 14.4 Å². The highest BCUT2D eigenvalue weighted by molar-refractivity contribution is 7.92. The Kier molecular flexibility index (Phi) is 6.11. The van der Waals surface area contributed by atoms with E-state index in [1.165, 1.54) is 31.6 Å². The van der Waals surface area contributed by atoms with Crippen LogP contribution in [0.4, 0.5) is 18.9 Å². The number of methoxy groups -OCH3 is 1. The Balaban J connectivity index is 1.66. The first-order valence-corrected chi connectivity index (χ1v) is 11.3. The van der Waals surface area contributed by atoms with Crippen molar-refractivity contribution in [2.75, 3.05) is 11.8 Å². The van der Waals surface area contributed by atoms with Crippen LogP contribution in [-0.4, -0.2) is 43.6 Å². The molecule has 1 aliphatic rings. The number of imide groups is 1. The van der Waals surface area contributed by atoms with Crippen molar-refractivity contribution in [3.8, 4) is 11.5 Å². The van der Waals surface area contributed by atoms with Gasteiger partial charge in [0.25, 0.3) is 21.8 Å². The fourth-order valence-electron chi connectivity index (χ4n) is 3.48. The molecule has 0 unspecified atom stereocenters. The lowest BCUT2D eigenvalue weighted by Gasteiger charge is -2.14. The van der Waals surface area contributed by atoms with Crippen LogP contribution in [0.5, 0.6) is 11.5 Å². The van der Waals surface area contributed by atoms with E-state index < -0.39 is 33.9 Å². The Morgan fingerprint density at radius 3 is 2.29 bits per heavy atom. The van der Waals surface area contributed by atoms with Crippen LogP contribution in [-0.2, 0) is 16.6 Å².